The third kappa shape index (κ3) is 3.33. The van der Waals surface area contributed by atoms with Crippen LogP contribution in [0.25, 0.3) is 0 Å². The van der Waals surface area contributed by atoms with E-state index in [1.54, 1.807) is 19.0 Å². The van der Waals surface area contributed by atoms with Crippen LogP contribution in [0.15, 0.2) is 24.3 Å². The van der Waals surface area contributed by atoms with Gasteiger partial charge in [0.05, 0.1) is 0 Å². The summed E-state index contributed by atoms with van der Waals surface area (Å²) in [5.74, 6) is 0.587. The van der Waals surface area contributed by atoms with Crippen LogP contribution < -0.4 is 0 Å². The molecule has 23 heavy (non-hydrogen) atoms. The Labute approximate surface area is 137 Å². The van der Waals surface area contributed by atoms with Gasteiger partial charge in [0.2, 0.25) is 5.91 Å². The van der Waals surface area contributed by atoms with Crippen molar-refractivity contribution in [3.05, 3.63) is 35.4 Å². The Morgan fingerprint density at radius 1 is 1.09 bits per heavy atom. The van der Waals surface area contributed by atoms with Crippen LogP contribution in [0.4, 0.5) is 4.79 Å². The van der Waals surface area contributed by atoms with Crippen LogP contribution in [-0.4, -0.2) is 66.9 Å². The first-order valence-corrected chi connectivity index (χ1v) is 8.38. The van der Waals surface area contributed by atoms with Crippen LogP contribution in [0.2, 0.25) is 0 Å². The van der Waals surface area contributed by atoms with Gasteiger partial charge >= 0.3 is 6.03 Å². The quantitative estimate of drug-likeness (QED) is 0.837. The van der Waals surface area contributed by atoms with Gasteiger partial charge in [0.15, 0.2) is 0 Å². The van der Waals surface area contributed by atoms with Gasteiger partial charge in [0.1, 0.15) is 0 Å². The normalized spacial score (nSPS) is 20.3. The minimum atomic E-state index is 0.0295. The van der Waals surface area contributed by atoms with E-state index in [-0.39, 0.29) is 11.9 Å². The lowest BCUT2D eigenvalue weighted by atomic mass is 9.97. The van der Waals surface area contributed by atoms with Crippen molar-refractivity contribution in [1.29, 1.82) is 0 Å². The van der Waals surface area contributed by atoms with Gasteiger partial charge in [0, 0.05) is 46.7 Å². The Bertz CT molecular complexity index is 592. The molecule has 1 fully saturated rings. The summed E-state index contributed by atoms with van der Waals surface area (Å²) in [5.41, 5.74) is 2.74. The van der Waals surface area contributed by atoms with Gasteiger partial charge in [-0.3, -0.25) is 4.79 Å². The van der Waals surface area contributed by atoms with Crippen molar-refractivity contribution in [1.82, 2.24) is 14.7 Å². The molecule has 5 heteroatoms. The molecule has 0 unspecified atom stereocenters. The topological polar surface area (TPSA) is 43.9 Å². The molecule has 1 aromatic carbocycles. The average molecular weight is 315 g/mol. The zero-order chi connectivity index (χ0) is 16.4. The molecule has 5 nitrogen and oxygen atoms in total. The van der Waals surface area contributed by atoms with Crippen molar-refractivity contribution in [2.24, 2.45) is 0 Å². The predicted molar refractivity (Wildman–Crippen MR) is 89.4 cm³/mol. The van der Waals surface area contributed by atoms with Crippen molar-refractivity contribution in [3.8, 4) is 0 Å². The third-order valence-corrected chi connectivity index (χ3v) is 4.96. The summed E-state index contributed by atoms with van der Waals surface area (Å²) >= 11 is 0. The molecule has 1 aliphatic heterocycles. The van der Waals surface area contributed by atoms with Crippen LogP contribution in [-0.2, 0) is 11.2 Å². The maximum absolute atomic E-state index is 12.6. The average Bonchev–Trinajstić information content (AvgIpc) is 2.97. The number of nitrogens with zero attached hydrogens (tertiary/aromatic N) is 3. The summed E-state index contributed by atoms with van der Waals surface area (Å²) < 4.78 is 0. The molecule has 3 rings (SSSR count). The van der Waals surface area contributed by atoms with Crippen LogP contribution in [0.1, 0.15) is 29.9 Å². The number of urea groups is 1. The Morgan fingerprint density at radius 2 is 1.74 bits per heavy atom. The SMILES string of the molecule is CN(C)C(=O)N1CCN(C(=O)C[C@H]2CCc3ccccc32)CC1. The van der Waals surface area contributed by atoms with Gasteiger partial charge in [-0.2, -0.15) is 0 Å². The van der Waals surface area contributed by atoms with Gasteiger partial charge in [-0.15, -0.1) is 0 Å². The van der Waals surface area contributed by atoms with E-state index in [0.717, 1.165) is 12.8 Å². The molecule has 1 aromatic rings. The van der Waals surface area contributed by atoms with Crippen molar-refractivity contribution in [2.45, 2.75) is 25.2 Å². The molecule has 2 aliphatic rings. The lowest BCUT2D eigenvalue weighted by Crippen LogP contribution is -2.53. The van der Waals surface area contributed by atoms with Gasteiger partial charge in [-0.1, -0.05) is 24.3 Å². The Morgan fingerprint density at radius 3 is 2.43 bits per heavy atom. The molecule has 1 saturated heterocycles. The van der Waals surface area contributed by atoms with Crippen LogP contribution in [0.3, 0.4) is 0 Å². The number of aryl methyl sites for hydroxylation is 1. The minimum Gasteiger partial charge on any atom is -0.339 e. The molecule has 1 aliphatic carbocycles. The second-order valence-electron chi connectivity index (χ2n) is 6.68. The summed E-state index contributed by atoms with van der Waals surface area (Å²) in [5, 5.41) is 0. The molecule has 0 radical (unpaired) electrons. The second-order valence-corrected chi connectivity index (χ2v) is 6.68. The van der Waals surface area contributed by atoms with E-state index < -0.39 is 0 Å². The maximum atomic E-state index is 12.6. The second kappa shape index (κ2) is 6.60. The first kappa shape index (κ1) is 15.8. The molecule has 1 heterocycles. The Hall–Kier alpha value is -2.04. The zero-order valence-corrected chi connectivity index (χ0v) is 14.0. The molecule has 0 N–H and O–H groups in total. The summed E-state index contributed by atoms with van der Waals surface area (Å²) in [6, 6.07) is 8.50. The number of carbonyl (C=O) groups excluding carboxylic acids is 2. The standard InChI is InChI=1S/C18H25N3O2/c1-19(2)18(23)21-11-9-20(10-12-21)17(22)13-15-8-7-14-5-3-4-6-16(14)15/h3-6,15H,7-13H2,1-2H3/t15-/m1/s1. The molecule has 0 saturated carbocycles. The number of carbonyl (C=O) groups is 2. The van der Waals surface area contributed by atoms with Gasteiger partial charge < -0.3 is 14.7 Å². The first-order chi connectivity index (χ1) is 11.1. The molecule has 3 amide bonds. The molecule has 1 atom stereocenters. The van der Waals surface area contributed by atoms with Crippen molar-refractivity contribution < 1.29 is 9.59 Å². The summed E-state index contributed by atoms with van der Waals surface area (Å²) in [6.07, 6.45) is 2.75. The molecule has 0 spiro atoms. The lowest BCUT2D eigenvalue weighted by molar-refractivity contribution is -0.133. The number of fused-ring (bicyclic) bond motifs is 1. The monoisotopic (exact) mass is 315 g/mol. The third-order valence-electron chi connectivity index (χ3n) is 4.96. The largest absolute Gasteiger partial charge is 0.339 e. The fourth-order valence-corrected chi connectivity index (χ4v) is 3.63. The fourth-order valence-electron chi connectivity index (χ4n) is 3.63. The highest BCUT2D eigenvalue weighted by Gasteiger charge is 2.29. The lowest BCUT2D eigenvalue weighted by Gasteiger charge is -2.36. The van der Waals surface area contributed by atoms with Crippen molar-refractivity contribution >= 4 is 11.9 Å². The molecule has 0 bridgehead atoms. The number of hydrogen-bond donors (Lipinski definition) is 0. The Balaban J connectivity index is 1.54. The van der Waals surface area contributed by atoms with E-state index in [2.05, 4.69) is 24.3 Å². The zero-order valence-electron chi connectivity index (χ0n) is 14.0. The first-order valence-electron chi connectivity index (χ1n) is 8.38. The highest BCUT2D eigenvalue weighted by atomic mass is 16.2. The number of amides is 3. The van der Waals surface area contributed by atoms with E-state index in [4.69, 9.17) is 0 Å². The van der Waals surface area contributed by atoms with E-state index in [1.165, 1.54) is 11.1 Å². The molecular formula is C18H25N3O2. The summed E-state index contributed by atoms with van der Waals surface area (Å²) in [6.45, 7) is 2.55. The van der Waals surface area contributed by atoms with Crippen molar-refractivity contribution in [2.75, 3.05) is 40.3 Å². The number of hydrogen-bond acceptors (Lipinski definition) is 2. The van der Waals surface area contributed by atoms with Crippen LogP contribution in [0.5, 0.6) is 0 Å². The van der Waals surface area contributed by atoms with Gasteiger partial charge in [0.25, 0.3) is 0 Å². The van der Waals surface area contributed by atoms with Crippen molar-refractivity contribution in [3.63, 3.8) is 0 Å². The van der Waals surface area contributed by atoms with Gasteiger partial charge in [-0.05, 0) is 29.9 Å². The smallest absolute Gasteiger partial charge is 0.319 e. The van der Waals surface area contributed by atoms with E-state index >= 15 is 0 Å². The number of rotatable bonds is 2. The van der Waals surface area contributed by atoms with E-state index in [1.807, 2.05) is 9.80 Å². The highest BCUT2D eigenvalue weighted by molar-refractivity contribution is 5.78. The Kier molecular flexibility index (Phi) is 4.55. The number of benzene rings is 1. The molecule has 124 valence electrons. The minimum absolute atomic E-state index is 0.0295. The van der Waals surface area contributed by atoms with Crippen LogP contribution in [0, 0.1) is 0 Å². The number of piperazine rings is 1. The maximum Gasteiger partial charge on any atom is 0.319 e. The summed E-state index contributed by atoms with van der Waals surface area (Å²) in [4.78, 5) is 29.8. The fraction of sp³-hybridized carbons (Fsp3) is 0.556. The predicted octanol–water partition coefficient (Wildman–Crippen LogP) is 1.93. The molecule has 0 aromatic heterocycles. The summed E-state index contributed by atoms with van der Waals surface area (Å²) in [7, 11) is 3.52. The van der Waals surface area contributed by atoms with Gasteiger partial charge in [-0.25, -0.2) is 4.79 Å². The van der Waals surface area contributed by atoms with E-state index in [9.17, 15) is 9.59 Å². The highest BCUT2D eigenvalue weighted by Crippen LogP contribution is 2.35. The van der Waals surface area contributed by atoms with E-state index in [0.29, 0.717) is 38.5 Å². The molecular weight excluding hydrogens is 290 g/mol. The van der Waals surface area contributed by atoms with Crippen LogP contribution >= 0.6 is 0 Å².